The Hall–Kier alpha value is -3.79. The first kappa shape index (κ1) is 24.9. The number of rotatable bonds is 7. The molecule has 5 rings (SSSR count). The first-order chi connectivity index (χ1) is 18.0. The third-order valence-corrected chi connectivity index (χ3v) is 8.56. The average molecular weight is 548 g/mol. The van der Waals surface area contributed by atoms with Gasteiger partial charge >= 0.3 is 0 Å². The number of benzene rings is 1. The van der Waals surface area contributed by atoms with E-state index in [9.17, 15) is 14.9 Å². The fourth-order valence-electron chi connectivity index (χ4n) is 4.23. The molecule has 0 spiro atoms. The van der Waals surface area contributed by atoms with Gasteiger partial charge in [-0.2, -0.15) is 5.26 Å². The van der Waals surface area contributed by atoms with Crippen molar-refractivity contribution in [1.29, 1.82) is 5.26 Å². The maximum absolute atomic E-state index is 13.1. The minimum atomic E-state index is -0.527. The quantitative estimate of drug-likeness (QED) is 0.407. The molecule has 1 amide bonds. The van der Waals surface area contributed by atoms with Gasteiger partial charge in [0.05, 0.1) is 17.4 Å². The first-order valence-corrected chi connectivity index (χ1v) is 14.1. The van der Waals surface area contributed by atoms with Gasteiger partial charge in [-0.1, -0.05) is 65.6 Å². The van der Waals surface area contributed by atoms with Crippen LogP contribution in [0.4, 0.5) is 10.3 Å². The van der Waals surface area contributed by atoms with E-state index in [0.29, 0.717) is 45.0 Å². The van der Waals surface area contributed by atoms with E-state index >= 15 is 0 Å². The fourth-order valence-corrected chi connectivity index (χ4v) is 6.46. The zero-order chi connectivity index (χ0) is 25.8. The zero-order valence-electron chi connectivity index (χ0n) is 19.5. The highest BCUT2D eigenvalue weighted by Crippen LogP contribution is 2.44. The van der Waals surface area contributed by atoms with Crippen molar-refractivity contribution >= 4 is 62.5 Å². The van der Waals surface area contributed by atoms with Crippen molar-refractivity contribution in [2.75, 3.05) is 16.0 Å². The monoisotopic (exact) mass is 547 g/mol. The van der Waals surface area contributed by atoms with Gasteiger partial charge in [-0.15, -0.1) is 21.5 Å². The number of Topliss-reactive ketones (excluding diaryl/α,β-unsaturated/α-hetero) is 1. The molecule has 0 fully saturated rings. The molecule has 0 saturated heterocycles. The third kappa shape index (κ3) is 5.34. The summed E-state index contributed by atoms with van der Waals surface area (Å²) in [6.07, 6.45) is 7.15. The number of amides is 1. The van der Waals surface area contributed by atoms with Gasteiger partial charge in [0.15, 0.2) is 15.3 Å². The van der Waals surface area contributed by atoms with Crippen molar-refractivity contribution in [2.45, 2.75) is 23.6 Å². The molecule has 37 heavy (non-hydrogen) atoms. The number of nitrogens with zero attached hydrogens (tertiary/aromatic N) is 5. The number of carbonyl (C=O) groups is 2. The van der Waals surface area contributed by atoms with E-state index in [2.05, 4.69) is 26.6 Å². The number of ketones is 1. The van der Waals surface area contributed by atoms with E-state index in [1.54, 1.807) is 16.5 Å². The molecular formula is C25H21N7O2S3. The fraction of sp³-hybridized carbons (Fsp3) is 0.200. The molecule has 3 aromatic rings. The van der Waals surface area contributed by atoms with Gasteiger partial charge in [-0.05, 0) is 18.4 Å². The van der Waals surface area contributed by atoms with E-state index in [-0.39, 0.29) is 23.3 Å². The lowest BCUT2D eigenvalue weighted by molar-refractivity contribution is -0.116. The summed E-state index contributed by atoms with van der Waals surface area (Å²) in [5.41, 5.74) is 9.15. The van der Waals surface area contributed by atoms with Crippen LogP contribution in [-0.4, -0.2) is 32.6 Å². The van der Waals surface area contributed by atoms with Crippen LogP contribution in [0.5, 0.6) is 0 Å². The summed E-state index contributed by atoms with van der Waals surface area (Å²) in [6.45, 7) is 0. The molecule has 0 saturated carbocycles. The Morgan fingerprint density at radius 3 is 2.89 bits per heavy atom. The number of aromatic nitrogens is 3. The number of anilines is 2. The largest absolute Gasteiger partial charge is 0.384 e. The normalized spacial score (nSPS) is 17.8. The Balaban J connectivity index is 1.42. The second kappa shape index (κ2) is 11.1. The average Bonchev–Trinajstić information content (AvgIpc) is 3.59. The SMILES string of the molecule is N#CC1=C(N)N(c2nnc(SCC(=O)Nc3nccs3)s2)C2=C(C(=O)CCC2)C1/C=C/c1ccccc1. The molecule has 1 aliphatic carbocycles. The number of nitrogens with two attached hydrogens (primary N) is 1. The van der Waals surface area contributed by atoms with E-state index < -0.39 is 5.92 Å². The van der Waals surface area contributed by atoms with Gasteiger partial charge < -0.3 is 11.1 Å². The van der Waals surface area contributed by atoms with Gasteiger partial charge in [-0.25, -0.2) is 4.98 Å². The molecule has 9 nitrogen and oxygen atoms in total. The maximum Gasteiger partial charge on any atom is 0.236 e. The van der Waals surface area contributed by atoms with Crippen LogP contribution in [0.15, 0.2) is 75.0 Å². The van der Waals surface area contributed by atoms with Crippen LogP contribution in [0.1, 0.15) is 24.8 Å². The van der Waals surface area contributed by atoms with Gasteiger partial charge in [0, 0.05) is 35.2 Å². The molecule has 0 bridgehead atoms. The van der Waals surface area contributed by atoms with E-state index in [1.165, 1.54) is 34.4 Å². The van der Waals surface area contributed by atoms with Crippen molar-refractivity contribution in [3.63, 3.8) is 0 Å². The van der Waals surface area contributed by atoms with E-state index in [0.717, 1.165) is 11.3 Å². The van der Waals surface area contributed by atoms with Crippen molar-refractivity contribution in [1.82, 2.24) is 15.2 Å². The number of nitriles is 1. The number of carbonyl (C=O) groups excluding carboxylic acids is 2. The lowest BCUT2D eigenvalue weighted by atomic mass is 9.79. The molecule has 1 unspecified atom stereocenters. The van der Waals surface area contributed by atoms with Gasteiger partial charge in [0.1, 0.15) is 5.82 Å². The molecule has 2 aromatic heterocycles. The number of nitrogens with one attached hydrogen (secondary N) is 1. The van der Waals surface area contributed by atoms with Crippen LogP contribution in [0, 0.1) is 17.2 Å². The summed E-state index contributed by atoms with van der Waals surface area (Å²) in [7, 11) is 0. The Labute approximate surface area is 225 Å². The molecule has 2 aliphatic rings. The summed E-state index contributed by atoms with van der Waals surface area (Å²) < 4.78 is 0.575. The molecule has 3 heterocycles. The number of thioether (sulfide) groups is 1. The Bertz CT molecular complexity index is 1450. The number of hydrogen-bond acceptors (Lipinski definition) is 11. The number of hydrogen-bond donors (Lipinski definition) is 2. The van der Waals surface area contributed by atoms with Crippen LogP contribution in [0.3, 0.4) is 0 Å². The van der Waals surface area contributed by atoms with Crippen LogP contribution in [0.25, 0.3) is 6.08 Å². The molecular weight excluding hydrogens is 527 g/mol. The molecule has 1 aliphatic heterocycles. The molecule has 0 radical (unpaired) electrons. The molecule has 1 aromatic carbocycles. The third-order valence-electron chi connectivity index (χ3n) is 5.83. The smallest absolute Gasteiger partial charge is 0.236 e. The highest BCUT2D eigenvalue weighted by molar-refractivity contribution is 8.01. The van der Waals surface area contributed by atoms with Crippen molar-refractivity contribution in [3.05, 3.63) is 76.2 Å². The standard InChI is InChI=1S/C25H21N7O2S3/c26-13-17-16(10-9-15-5-2-1-3-6-15)21-18(7-4-8-19(21)33)32(22(17)27)24-30-31-25(37-24)36-14-20(34)29-23-28-11-12-35-23/h1-3,5-6,9-12,16H,4,7-8,14,27H2,(H,28,29,34)/b10-9+. The second-order valence-corrected chi connectivity index (χ2v) is 11.2. The van der Waals surface area contributed by atoms with Crippen molar-refractivity contribution in [2.24, 2.45) is 11.7 Å². The maximum atomic E-state index is 13.1. The zero-order valence-corrected chi connectivity index (χ0v) is 21.9. The summed E-state index contributed by atoms with van der Waals surface area (Å²) in [4.78, 5) is 31.1. The Kier molecular flexibility index (Phi) is 7.45. The second-order valence-electron chi connectivity index (χ2n) is 8.16. The highest BCUT2D eigenvalue weighted by Gasteiger charge is 2.39. The Morgan fingerprint density at radius 2 is 2.14 bits per heavy atom. The van der Waals surface area contributed by atoms with Crippen LogP contribution >= 0.6 is 34.4 Å². The van der Waals surface area contributed by atoms with Crippen LogP contribution in [-0.2, 0) is 9.59 Å². The number of allylic oxidation sites excluding steroid dienone is 4. The van der Waals surface area contributed by atoms with Crippen molar-refractivity contribution < 1.29 is 9.59 Å². The van der Waals surface area contributed by atoms with E-state index in [4.69, 9.17) is 5.73 Å². The topological polar surface area (TPSA) is 138 Å². The highest BCUT2D eigenvalue weighted by atomic mass is 32.2. The van der Waals surface area contributed by atoms with Crippen LogP contribution in [0.2, 0.25) is 0 Å². The summed E-state index contributed by atoms with van der Waals surface area (Å²) >= 11 is 3.85. The molecule has 186 valence electrons. The predicted molar refractivity (Wildman–Crippen MR) is 146 cm³/mol. The molecule has 12 heteroatoms. The lowest BCUT2D eigenvalue weighted by Gasteiger charge is -2.37. The number of thiazole rings is 1. The minimum Gasteiger partial charge on any atom is -0.384 e. The summed E-state index contributed by atoms with van der Waals surface area (Å²) in [6, 6.07) is 11.9. The Morgan fingerprint density at radius 1 is 1.30 bits per heavy atom. The summed E-state index contributed by atoms with van der Waals surface area (Å²) in [5, 5.41) is 24.1. The minimum absolute atomic E-state index is 0.00665. The van der Waals surface area contributed by atoms with Gasteiger partial charge in [0.2, 0.25) is 11.0 Å². The van der Waals surface area contributed by atoms with Crippen LogP contribution < -0.4 is 16.0 Å². The van der Waals surface area contributed by atoms with Gasteiger partial charge in [-0.3, -0.25) is 14.5 Å². The lowest BCUT2D eigenvalue weighted by Crippen LogP contribution is -2.39. The van der Waals surface area contributed by atoms with Crippen molar-refractivity contribution in [3.8, 4) is 6.07 Å². The van der Waals surface area contributed by atoms with E-state index in [1.807, 2.05) is 42.5 Å². The molecule has 1 atom stereocenters. The predicted octanol–water partition coefficient (Wildman–Crippen LogP) is 4.58. The van der Waals surface area contributed by atoms with Gasteiger partial charge in [0.25, 0.3) is 0 Å². The molecule has 3 N–H and O–H groups in total. The summed E-state index contributed by atoms with van der Waals surface area (Å²) in [5.74, 6) is -0.334. The first-order valence-electron chi connectivity index (χ1n) is 11.4.